The average Bonchev–Trinajstić information content (AvgIpc) is 2.08. The van der Waals surface area contributed by atoms with Gasteiger partial charge in [-0.15, -0.1) is 0 Å². The number of alkyl carbamates (subject to hydrolysis) is 1. The average molecular weight is 209 g/mol. The van der Waals surface area contributed by atoms with Crippen LogP contribution in [0, 0.1) is 11.8 Å². The van der Waals surface area contributed by atoms with Crippen molar-refractivity contribution >= 4 is 6.09 Å². The van der Waals surface area contributed by atoms with E-state index in [9.17, 15) is 4.79 Å². The van der Waals surface area contributed by atoms with Crippen molar-refractivity contribution in [2.45, 2.75) is 58.1 Å². The fourth-order valence-corrected chi connectivity index (χ4v) is 1.47. The molecule has 1 atom stereocenters. The van der Waals surface area contributed by atoms with Crippen LogP contribution in [-0.4, -0.2) is 18.2 Å². The summed E-state index contributed by atoms with van der Waals surface area (Å²) in [5, 5.41) is 2.70. The number of hydrogen-bond acceptors (Lipinski definition) is 2. The number of rotatable bonds is 2. The van der Waals surface area contributed by atoms with Gasteiger partial charge in [-0.3, -0.25) is 0 Å². The highest BCUT2D eigenvalue weighted by molar-refractivity contribution is 5.68. The molecule has 0 heterocycles. The first kappa shape index (κ1) is 11.9. The zero-order valence-electron chi connectivity index (χ0n) is 9.51. The summed E-state index contributed by atoms with van der Waals surface area (Å²) in [4.78, 5) is 11.3. The lowest BCUT2D eigenvalue weighted by molar-refractivity contribution is 0.115. The Hall–Kier alpha value is -1.17. The van der Waals surface area contributed by atoms with Crippen LogP contribution < -0.4 is 5.32 Å². The van der Waals surface area contributed by atoms with Crippen LogP contribution in [0.5, 0.6) is 0 Å². The standard InChI is InChI=1S/C12H19NO2/c1-10(2)13-12(14)15-11-8-6-4-3-5-7-9-11/h10-11H,3-6,8H2,1-2H3,(H,13,14). The van der Waals surface area contributed by atoms with Gasteiger partial charge in [-0.2, -0.15) is 0 Å². The highest BCUT2D eigenvalue weighted by Gasteiger charge is 2.12. The van der Waals surface area contributed by atoms with Gasteiger partial charge in [0.25, 0.3) is 0 Å². The fourth-order valence-electron chi connectivity index (χ4n) is 1.47. The van der Waals surface area contributed by atoms with E-state index in [0.29, 0.717) is 0 Å². The first-order chi connectivity index (χ1) is 7.18. The minimum atomic E-state index is -0.357. The molecule has 1 rings (SSSR count). The van der Waals surface area contributed by atoms with Crippen LogP contribution in [0.2, 0.25) is 0 Å². The van der Waals surface area contributed by atoms with Crippen LogP contribution in [0.1, 0.15) is 46.0 Å². The van der Waals surface area contributed by atoms with Crippen molar-refractivity contribution in [2.75, 3.05) is 0 Å². The van der Waals surface area contributed by atoms with Crippen LogP contribution in [0.3, 0.4) is 0 Å². The van der Waals surface area contributed by atoms with E-state index >= 15 is 0 Å². The van der Waals surface area contributed by atoms with E-state index in [-0.39, 0.29) is 18.2 Å². The summed E-state index contributed by atoms with van der Waals surface area (Å²) < 4.78 is 5.21. The summed E-state index contributed by atoms with van der Waals surface area (Å²) in [7, 11) is 0. The number of nitrogens with one attached hydrogen (secondary N) is 1. The lowest BCUT2D eigenvalue weighted by atomic mass is 10.1. The molecule has 0 fully saturated rings. The molecule has 0 saturated heterocycles. The zero-order valence-corrected chi connectivity index (χ0v) is 9.51. The zero-order chi connectivity index (χ0) is 11.1. The van der Waals surface area contributed by atoms with Crippen molar-refractivity contribution in [1.82, 2.24) is 5.32 Å². The number of ether oxygens (including phenoxy) is 1. The van der Waals surface area contributed by atoms with Crippen molar-refractivity contribution < 1.29 is 9.53 Å². The predicted octanol–water partition coefficient (Wildman–Crippen LogP) is 2.46. The van der Waals surface area contributed by atoms with Gasteiger partial charge in [0.1, 0.15) is 0 Å². The van der Waals surface area contributed by atoms with E-state index in [1.54, 1.807) is 0 Å². The van der Waals surface area contributed by atoms with Gasteiger partial charge in [-0.1, -0.05) is 18.3 Å². The molecule has 0 aromatic heterocycles. The lowest BCUT2D eigenvalue weighted by Gasteiger charge is -2.15. The van der Waals surface area contributed by atoms with Gasteiger partial charge in [0.2, 0.25) is 0 Å². The molecule has 3 nitrogen and oxygen atoms in total. The molecule has 0 radical (unpaired) electrons. The Kier molecular flexibility index (Phi) is 5.03. The number of carbonyl (C=O) groups is 1. The molecule has 1 N–H and O–H groups in total. The maximum atomic E-state index is 11.3. The Balaban J connectivity index is 2.37. The minimum Gasteiger partial charge on any atom is -0.433 e. The molecular weight excluding hydrogens is 190 g/mol. The molecule has 0 aromatic carbocycles. The highest BCUT2D eigenvalue weighted by Crippen LogP contribution is 2.10. The first-order valence-corrected chi connectivity index (χ1v) is 5.64. The Morgan fingerprint density at radius 3 is 2.93 bits per heavy atom. The molecule has 0 aliphatic heterocycles. The Bertz CT molecular complexity index is 263. The van der Waals surface area contributed by atoms with E-state index in [1.807, 2.05) is 13.8 Å². The van der Waals surface area contributed by atoms with Crippen LogP contribution in [0.4, 0.5) is 4.79 Å². The normalized spacial score (nSPS) is 20.9. The summed E-state index contributed by atoms with van der Waals surface area (Å²) in [5.41, 5.74) is 0. The molecule has 0 saturated carbocycles. The Morgan fingerprint density at radius 2 is 2.20 bits per heavy atom. The maximum Gasteiger partial charge on any atom is 0.408 e. The summed E-state index contributed by atoms with van der Waals surface area (Å²) in [6.45, 7) is 3.82. The van der Waals surface area contributed by atoms with Crippen molar-refractivity contribution in [3.05, 3.63) is 0 Å². The fraction of sp³-hybridized carbons (Fsp3) is 0.750. The second-order valence-electron chi connectivity index (χ2n) is 4.11. The van der Waals surface area contributed by atoms with Gasteiger partial charge in [0.15, 0.2) is 6.10 Å². The third-order valence-electron chi connectivity index (χ3n) is 2.19. The summed E-state index contributed by atoms with van der Waals surface area (Å²) in [6.07, 6.45) is 4.64. The van der Waals surface area contributed by atoms with E-state index in [4.69, 9.17) is 4.74 Å². The van der Waals surface area contributed by atoms with Crippen LogP contribution in [0.15, 0.2) is 0 Å². The van der Waals surface area contributed by atoms with Crippen LogP contribution >= 0.6 is 0 Å². The van der Waals surface area contributed by atoms with Crippen molar-refractivity contribution in [1.29, 1.82) is 0 Å². The maximum absolute atomic E-state index is 11.3. The molecular formula is C12H19NO2. The SMILES string of the molecule is CC(C)NC(=O)OC1C#CCCCCC1. The highest BCUT2D eigenvalue weighted by atomic mass is 16.6. The minimum absolute atomic E-state index is 0.110. The molecule has 1 aliphatic rings. The Labute approximate surface area is 91.6 Å². The molecule has 3 heteroatoms. The number of amides is 1. The molecule has 0 aromatic rings. The van der Waals surface area contributed by atoms with Crippen LogP contribution in [0.25, 0.3) is 0 Å². The molecule has 84 valence electrons. The van der Waals surface area contributed by atoms with Gasteiger partial charge in [0, 0.05) is 12.5 Å². The second kappa shape index (κ2) is 6.34. The molecule has 0 bridgehead atoms. The smallest absolute Gasteiger partial charge is 0.408 e. The summed E-state index contributed by atoms with van der Waals surface area (Å²) in [5.74, 6) is 6.03. The van der Waals surface area contributed by atoms with E-state index in [2.05, 4.69) is 17.2 Å². The van der Waals surface area contributed by atoms with Crippen molar-refractivity contribution in [3.63, 3.8) is 0 Å². The monoisotopic (exact) mass is 209 g/mol. The molecule has 0 spiro atoms. The molecule has 1 unspecified atom stereocenters. The molecule has 15 heavy (non-hydrogen) atoms. The number of carbonyl (C=O) groups excluding carboxylic acids is 1. The topological polar surface area (TPSA) is 38.3 Å². The number of hydrogen-bond donors (Lipinski definition) is 1. The summed E-state index contributed by atoms with van der Waals surface area (Å²) in [6, 6.07) is 0.110. The van der Waals surface area contributed by atoms with E-state index < -0.39 is 0 Å². The van der Waals surface area contributed by atoms with Gasteiger partial charge in [-0.25, -0.2) is 4.79 Å². The van der Waals surface area contributed by atoms with Gasteiger partial charge in [0.05, 0.1) is 0 Å². The van der Waals surface area contributed by atoms with Crippen LogP contribution in [-0.2, 0) is 4.74 Å². The predicted molar refractivity (Wildman–Crippen MR) is 59.4 cm³/mol. The molecule has 1 amide bonds. The van der Waals surface area contributed by atoms with E-state index in [1.165, 1.54) is 6.42 Å². The molecule has 1 aliphatic carbocycles. The first-order valence-electron chi connectivity index (χ1n) is 5.64. The third kappa shape index (κ3) is 5.31. The summed E-state index contributed by atoms with van der Waals surface area (Å²) >= 11 is 0. The van der Waals surface area contributed by atoms with Gasteiger partial charge in [-0.05, 0) is 33.1 Å². The van der Waals surface area contributed by atoms with Gasteiger partial charge >= 0.3 is 6.09 Å². The van der Waals surface area contributed by atoms with Crippen molar-refractivity contribution in [3.8, 4) is 11.8 Å². The van der Waals surface area contributed by atoms with E-state index in [0.717, 1.165) is 25.7 Å². The van der Waals surface area contributed by atoms with Gasteiger partial charge < -0.3 is 10.1 Å². The van der Waals surface area contributed by atoms with Crippen molar-refractivity contribution in [2.24, 2.45) is 0 Å². The Morgan fingerprint density at radius 1 is 1.40 bits per heavy atom. The largest absolute Gasteiger partial charge is 0.433 e. The lowest BCUT2D eigenvalue weighted by Crippen LogP contribution is -2.33. The third-order valence-corrected chi connectivity index (χ3v) is 2.19. The quantitative estimate of drug-likeness (QED) is 0.709. The second-order valence-corrected chi connectivity index (χ2v) is 4.11.